The zero-order valence-corrected chi connectivity index (χ0v) is 11.7. The largest absolute Gasteiger partial charge is 0.496 e. The van der Waals surface area contributed by atoms with E-state index >= 15 is 0 Å². The minimum Gasteiger partial charge on any atom is -0.496 e. The number of hydrogen-bond acceptors (Lipinski definition) is 5. The summed E-state index contributed by atoms with van der Waals surface area (Å²) >= 11 is 5.97. The maximum atomic E-state index is 11.1. The lowest BCUT2D eigenvalue weighted by molar-refractivity contribution is -0.385. The van der Waals surface area contributed by atoms with Crippen LogP contribution in [0.15, 0.2) is 36.4 Å². The van der Waals surface area contributed by atoms with Crippen LogP contribution in [0.4, 0.5) is 5.69 Å². The number of methoxy groups -OCH3 is 1. The number of hydrogen-bond donors (Lipinski definition) is 0. The van der Waals surface area contributed by atoms with Crippen molar-refractivity contribution in [3.8, 4) is 17.2 Å². The normalized spacial score (nSPS) is 10.0. The maximum absolute atomic E-state index is 11.1. The molecule has 2 aromatic rings. The number of benzene rings is 2. The molecular weight excluding hydrogens is 298 g/mol. The first-order valence-corrected chi connectivity index (χ1v) is 6.18. The fourth-order valence-corrected chi connectivity index (χ4v) is 1.91. The predicted octanol–water partition coefficient (Wildman–Crippen LogP) is 3.86. The molecule has 0 radical (unpaired) electrons. The highest BCUT2D eigenvalue weighted by Crippen LogP contribution is 2.38. The van der Waals surface area contributed by atoms with E-state index in [2.05, 4.69) is 0 Å². The van der Waals surface area contributed by atoms with Gasteiger partial charge in [-0.15, -0.1) is 0 Å². The molecule has 0 saturated heterocycles. The van der Waals surface area contributed by atoms with Gasteiger partial charge in [0.15, 0.2) is 12.0 Å². The molecule has 21 heavy (non-hydrogen) atoms. The molecular formula is C14H10ClNO5. The lowest BCUT2D eigenvalue weighted by atomic mass is 10.2. The first-order valence-electron chi connectivity index (χ1n) is 5.80. The second kappa shape index (κ2) is 6.23. The van der Waals surface area contributed by atoms with Crippen LogP contribution in [0.1, 0.15) is 10.4 Å². The molecule has 0 aliphatic heterocycles. The Bertz CT molecular complexity index is 702. The molecule has 0 aliphatic rings. The molecule has 0 aliphatic carbocycles. The third kappa shape index (κ3) is 3.11. The number of nitro groups is 1. The van der Waals surface area contributed by atoms with E-state index < -0.39 is 4.92 Å². The topological polar surface area (TPSA) is 78.7 Å². The molecule has 0 unspecified atom stereocenters. The lowest BCUT2D eigenvalue weighted by Crippen LogP contribution is -1.97. The first-order chi connectivity index (χ1) is 10.1. The lowest BCUT2D eigenvalue weighted by Gasteiger charge is -2.10. The van der Waals surface area contributed by atoms with Crippen LogP contribution in [0.2, 0.25) is 5.02 Å². The van der Waals surface area contributed by atoms with Crippen LogP contribution in [0.3, 0.4) is 0 Å². The van der Waals surface area contributed by atoms with E-state index in [0.717, 1.165) is 0 Å². The summed E-state index contributed by atoms with van der Waals surface area (Å²) in [6, 6.07) is 8.74. The number of rotatable bonds is 5. The summed E-state index contributed by atoms with van der Waals surface area (Å²) in [5, 5.41) is 11.3. The fourth-order valence-electron chi connectivity index (χ4n) is 1.69. The molecule has 0 N–H and O–H groups in total. The average Bonchev–Trinajstić information content (AvgIpc) is 2.49. The molecule has 0 aromatic heterocycles. The number of nitro benzene ring substituents is 1. The minimum atomic E-state index is -0.602. The third-order valence-electron chi connectivity index (χ3n) is 2.70. The number of aldehydes is 1. The zero-order valence-electron chi connectivity index (χ0n) is 10.9. The summed E-state index contributed by atoms with van der Waals surface area (Å²) < 4.78 is 10.4. The van der Waals surface area contributed by atoms with Crippen LogP contribution in [-0.2, 0) is 0 Å². The quantitative estimate of drug-likeness (QED) is 0.476. The van der Waals surface area contributed by atoms with Crippen LogP contribution in [-0.4, -0.2) is 18.3 Å². The van der Waals surface area contributed by atoms with Gasteiger partial charge in [0.05, 0.1) is 28.7 Å². The number of halogens is 1. The molecule has 0 amide bonds. The van der Waals surface area contributed by atoms with Crippen molar-refractivity contribution < 1.29 is 19.2 Å². The Morgan fingerprint density at radius 3 is 2.67 bits per heavy atom. The Balaban J connectivity index is 2.49. The molecule has 0 atom stereocenters. The molecule has 0 bridgehead atoms. The summed E-state index contributed by atoms with van der Waals surface area (Å²) in [5.41, 5.74) is -0.0845. The number of nitrogens with zero attached hydrogens (tertiary/aromatic N) is 1. The molecule has 0 saturated carbocycles. The van der Waals surface area contributed by atoms with Crippen LogP contribution in [0, 0.1) is 10.1 Å². The second-order valence-corrected chi connectivity index (χ2v) is 4.38. The van der Waals surface area contributed by atoms with Gasteiger partial charge in [0.25, 0.3) is 0 Å². The van der Waals surface area contributed by atoms with Crippen molar-refractivity contribution in [3.63, 3.8) is 0 Å². The summed E-state index contributed by atoms with van der Waals surface area (Å²) in [5.74, 6) is 0.364. The summed E-state index contributed by atoms with van der Waals surface area (Å²) in [4.78, 5) is 21.5. The first kappa shape index (κ1) is 14.8. The SMILES string of the molecule is COc1ccc(Oc2c(Cl)cccc2C=O)c([N+](=O)[O-])c1. The number of carbonyl (C=O) groups is 1. The molecule has 108 valence electrons. The molecule has 2 aromatic carbocycles. The molecule has 7 heteroatoms. The van der Waals surface area contributed by atoms with Crippen molar-refractivity contribution in [1.29, 1.82) is 0 Å². The number of carbonyl (C=O) groups excluding carboxylic acids is 1. The molecule has 0 heterocycles. The molecule has 0 fully saturated rings. The van der Waals surface area contributed by atoms with Gasteiger partial charge in [0, 0.05) is 0 Å². The summed E-state index contributed by atoms with van der Waals surface area (Å²) in [6.07, 6.45) is 0.566. The van der Waals surface area contributed by atoms with E-state index in [4.69, 9.17) is 21.1 Å². The van der Waals surface area contributed by atoms with Gasteiger partial charge in [0.2, 0.25) is 5.75 Å². The van der Waals surface area contributed by atoms with Crippen molar-refractivity contribution in [3.05, 3.63) is 57.1 Å². The van der Waals surface area contributed by atoms with Gasteiger partial charge in [-0.1, -0.05) is 17.7 Å². The van der Waals surface area contributed by atoms with Gasteiger partial charge in [-0.05, 0) is 24.3 Å². The van der Waals surface area contributed by atoms with Crippen molar-refractivity contribution in [2.75, 3.05) is 7.11 Å². The fraction of sp³-hybridized carbons (Fsp3) is 0.0714. The van der Waals surface area contributed by atoms with Gasteiger partial charge < -0.3 is 9.47 Å². The van der Waals surface area contributed by atoms with E-state index in [1.54, 1.807) is 6.07 Å². The number of para-hydroxylation sites is 1. The maximum Gasteiger partial charge on any atom is 0.315 e. The third-order valence-corrected chi connectivity index (χ3v) is 3.00. The van der Waals surface area contributed by atoms with Crippen molar-refractivity contribution >= 4 is 23.6 Å². The minimum absolute atomic E-state index is 0.0306. The van der Waals surface area contributed by atoms with E-state index in [9.17, 15) is 14.9 Å². The van der Waals surface area contributed by atoms with Crippen LogP contribution >= 0.6 is 11.6 Å². The molecule has 0 spiro atoms. The van der Waals surface area contributed by atoms with Crippen LogP contribution in [0.25, 0.3) is 0 Å². The Morgan fingerprint density at radius 2 is 2.05 bits per heavy atom. The smallest absolute Gasteiger partial charge is 0.315 e. The number of ether oxygens (including phenoxy) is 2. The van der Waals surface area contributed by atoms with Crippen molar-refractivity contribution in [2.24, 2.45) is 0 Å². The summed E-state index contributed by atoms with van der Waals surface area (Å²) in [6.45, 7) is 0. The predicted molar refractivity (Wildman–Crippen MR) is 76.6 cm³/mol. The van der Waals surface area contributed by atoms with E-state index in [-0.39, 0.29) is 27.8 Å². The Morgan fingerprint density at radius 1 is 1.29 bits per heavy atom. The monoisotopic (exact) mass is 307 g/mol. The zero-order chi connectivity index (χ0) is 15.4. The van der Waals surface area contributed by atoms with Crippen molar-refractivity contribution in [1.82, 2.24) is 0 Å². The Labute approximate surface area is 125 Å². The van der Waals surface area contributed by atoms with Gasteiger partial charge >= 0.3 is 5.69 Å². The van der Waals surface area contributed by atoms with Gasteiger partial charge in [0.1, 0.15) is 5.75 Å². The van der Waals surface area contributed by atoms with E-state index in [1.165, 1.54) is 37.4 Å². The molecule has 2 rings (SSSR count). The highest BCUT2D eigenvalue weighted by Gasteiger charge is 2.19. The highest BCUT2D eigenvalue weighted by atomic mass is 35.5. The van der Waals surface area contributed by atoms with Crippen molar-refractivity contribution in [2.45, 2.75) is 0 Å². The van der Waals surface area contributed by atoms with Gasteiger partial charge in [-0.2, -0.15) is 0 Å². The van der Waals surface area contributed by atoms with Crippen LogP contribution < -0.4 is 9.47 Å². The summed E-state index contributed by atoms with van der Waals surface area (Å²) in [7, 11) is 1.40. The Hall–Kier alpha value is -2.60. The highest BCUT2D eigenvalue weighted by molar-refractivity contribution is 6.32. The van der Waals surface area contributed by atoms with E-state index in [1.807, 2.05) is 0 Å². The average molecular weight is 308 g/mol. The molecule has 6 nitrogen and oxygen atoms in total. The van der Waals surface area contributed by atoms with E-state index in [0.29, 0.717) is 12.0 Å². The van der Waals surface area contributed by atoms with Gasteiger partial charge in [-0.3, -0.25) is 14.9 Å². The second-order valence-electron chi connectivity index (χ2n) is 3.97. The standard InChI is InChI=1S/C14H10ClNO5/c1-20-10-5-6-13(12(7-10)16(18)19)21-14-9(8-17)3-2-4-11(14)15/h2-8H,1H3. The van der Waals surface area contributed by atoms with Gasteiger partial charge in [-0.25, -0.2) is 0 Å². The Kier molecular flexibility index (Phi) is 4.39. The van der Waals surface area contributed by atoms with Crippen LogP contribution in [0.5, 0.6) is 17.2 Å².